The van der Waals surface area contributed by atoms with Gasteiger partial charge in [0, 0.05) is 19.1 Å². The van der Waals surface area contributed by atoms with E-state index in [4.69, 9.17) is 5.73 Å². The van der Waals surface area contributed by atoms with Gasteiger partial charge in [-0.3, -0.25) is 0 Å². The summed E-state index contributed by atoms with van der Waals surface area (Å²) < 4.78 is 0. The molecule has 1 heterocycles. The van der Waals surface area contributed by atoms with Crippen LogP contribution in [0.15, 0.2) is 16.8 Å². The quantitative estimate of drug-likeness (QED) is 0.855. The fourth-order valence-electron chi connectivity index (χ4n) is 1.37. The summed E-state index contributed by atoms with van der Waals surface area (Å²) in [5.41, 5.74) is 7.70. The zero-order valence-electron chi connectivity index (χ0n) is 10.2. The first-order chi connectivity index (χ1) is 6.89. The van der Waals surface area contributed by atoms with Crippen molar-refractivity contribution in [1.29, 1.82) is 0 Å². The Hall–Kier alpha value is -0.380. The topological polar surface area (TPSA) is 29.3 Å². The monoisotopic (exact) mass is 226 g/mol. The molecule has 0 radical (unpaired) electrons. The second kappa shape index (κ2) is 5.10. The zero-order chi connectivity index (χ0) is 11.5. The largest absolute Gasteiger partial charge is 0.326 e. The molecule has 0 aliphatic heterocycles. The molecule has 3 heteroatoms. The molecule has 0 fully saturated rings. The van der Waals surface area contributed by atoms with Crippen LogP contribution in [0.3, 0.4) is 0 Å². The van der Waals surface area contributed by atoms with Gasteiger partial charge in [-0.1, -0.05) is 20.8 Å². The minimum atomic E-state index is 0.183. The van der Waals surface area contributed by atoms with E-state index in [2.05, 4.69) is 49.5 Å². The summed E-state index contributed by atoms with van der Waals surface area (Å²) in [6, 6.07) is 2.39. The van der Waals surface area contributed by atoms with Crippen molar-refractivity contribution in [1.82, 2.24) is 4.90 Å². The molecule has 0 saturated carbocycles. The van der Waals surface area contributed by atoms with Crippen LogP contribution in [0.4, 0.5) is 0 Å². The maximum absolute atomic E-state index is 6.14. The highest BCUT2D eigenvalue weighted by Crippen LogP contribution is 2.18. The van der Waals surface area contributed by atoms with Crippen molar-refractivity contribution in [3.63, 3.8) is 0 Å². The average molecular weight is 226 g/mol. The highest BCUT2D eigenvalue weighted by Gasteiger charge is 2.21. The van der Waals surface area contributed by atoms with Gasteiger partial charge in [-0.05, 0) is 34.9 Å². The third-order valence-corrected chi connectivity index (χ3v) is 3.39. The predicted molar refractivity (Wildman–Crippen MR) is 68.1 cm³/mol. The molecule has 15 heavy (non-hydrogen) atoms. The van der Waals surface area contributed by atoms with Crippen LogP contribution in [0, 0.1) is 5.41 Å². The van der Waals surface area contributed by atoms with Crippen LogP contribution in [-0.2, 0) is 6.54 Å². The molecule has 1 aromatic heterocycles. The smallest absolute Gasteiger partial charge is 0.0239 e. The molecule has 0 bridgehead atoms. The van der Waals surface area contributed by atoms with Gasteiger partial charge in [0.1, 0.15) is 0 Å². The molecule has 0 saturated heterocycles. The molecule has 1 aromatic rings. The van der Waals surface area contributed by atoms with E-state index in [1.54, 1.807) is 11.3 Å². The first kappa shape index (κ1) is 12.7. The summed E-state index contributed by atoms with van der Waals surface area (Å²) in [5.74, 6) is 0. The van der Waals surface area contributed by atoms with Gasteiger partial charge in [-0.15, -0.1) is 0 Å². The van der Waals surface area contributed by atoms with E-state index < -0.39 is 0 Å². The van der Waals surface area contributed by atoms with Crippen molar-refractivity contribution < 1.29 is 0 Å². The van der Waals surface area contributed by atoms with Crippen LogP contribution in [-0.4, -0.2) is 24.5 Å². The van der Waals surface area contributed by atoms with E-state index in [1.807, 2.05) is 0 Å². The zero-order valence-corrected chi connectivity index (χ0v) is 11.0. The molecule has 0 aliphatic rings. The van der Waals surface area contributed by atoms with Gasteiger partial charge in [0.15, 0.2) is 0 Å². The number of hydrogen-bond donors (Lipinski definition) is 1. The molecule has 2 nitrogen and oxygen atoms in total. The maximum atomic E-state index is 6.14. The van der Waals surface area contributed by atoms with Crippen LogP contribution in [0.1, 0.15) is 26.3 Å². The Morgan fingerprint density at radius 1 is 1.47 bits per heavy atom. The lowest BCUT2D eigenvalue weighted by Crippen LogP contribution is -2.43. The molecular formula is C12H22N2S. The van der Waals surface area contributed by atoms with Crippen molar-refractivity contribution >= 4 is 11.3 Å². The Balaban J connectivity index is 2.39. The number of hydrogen-bond acceptors (Lipinski definition) is 3. The molecule has 0 amide bonds. The summed E-state index contributed by atoms with van der Waals surface area (Å²) in [6.07, 6.45) is 0. The Morgan fingerprint density at radius 3 is 2.60 bits per heavy atom. The fraction of sp³-hybridized carbons (Fsp3) is 0.667. The molecule has 1 atom stereocenters. The van der Waals surface area contributed by atoms with Gasteiger partial charge in [-0.2, -0.15) is 11.3 Å². The number of likely N-dealkylation sites (N-methyl/N-ethyl adjacent to an activating group) is 1. The second-order valence-electron chi connectivity index (χ2n) is 5.30. The van der Waals surface area contributed by atoms with Crippen molar-refractivity contribution in [3.05, 3.63) is 22.4 Å². The first-order valence-electron chi connectivity index (χ1n) is 5.35. The van der Waals surface area contributed by atoms with Gasteiger partial charge in [-0.25, -0.2) is 0 Å². The van der Waals surface area contributed by atoms with E-state index in [9.17, 15) is 0 Å². The number of rotatable bonds is 4. The molecule has 1 rings (SSSR count). The van der Waals surface area contributed by atoms with Gasteiger partial charge in [0.25, 0.3) is 0 Å². The third-order valence-electron chi connectivity index (χ3n) is 2.65. The predicted octanol–water partition coefficient (Wildman–Crippen LogP) is 2.55. The van der Waals surface area contributed by atoms with Crippen LogP contribution in [0.2, 0.25) is 0 Å². The third kappa shape index (κ3) is 4.33. The van der Waals surface area contributed by atoms with E-state index in [0.29, 0.717) is 0 Å². The lowest BCUT2D eigenvalue weighted by Gasteiger charge is -2.30. The average Bonchev–Trinajstić information content (AvgIpc) is 2.54. The van der Waals surface area contributed by atoms with Crippen molar-refractivity contribution in [2.75, 3.05) is 13.6 Å². The number of nitrogens with zero attached hydrogens (tertiary/aromatic N) is 1. The Labute approximate surface area is 97.1 Å². The summed E-state index contributed by atoms with van der Waals surface area (Å²) in [7, 11) is 2.13. The normalized spacial score (nSPS) is 14.5. The maximum Gasteiger partial charge on any atom is 0.0239 e. The van der Waals surface area contributed by atoms with Gasteiger partial charge in [0.2, 0.25) is 0 Å². The van der Waals surface area contributed by atoms with E-state index >= 15 is 0 Å². The minimum absolute atomic E-state index is 0.183. The fourth-order valence-corrected chi connectivity index (χ4v) is 2.03. The molecule has 0 aliphatic carbocycles. The van der Waals surface area contributed by atoms with Crippen LogP contribution in [0.25, 0.3) is 0 Å². The van der Waals surface area contributed by atoms with Crippen LogP contribution >= 0.6 is 11.3 Å². The van der Waals surface area contributed by atoms with Crippen LogP contribution < -0.4 is 5.73 Å². The molecule has 0 spiro atoms. The van der Waals surface area contributed by atoms with Crippen molar-refractivity contribution in [3.8, 4) is 0 Å². The SMILES string of the molecule is CN(Cc1ccsc1)CC(N)C(C)(C)C. The molecule has 2 N–H and O–H groups in total. The molecular weight excluding hydrogens is 204 g/mol. The van der Waals surface area contributed by atoms with Gasteiger partial charge in [0.05, 0.1) is 0 Å². The van der Waals surface area contributed by atoms with Crippen LogP contribution in [0.5, 0.6) is 0 Å². The van der Waals surface area contributed by atoms with Crippen molar-refractivity contribution in [2.45, 2.75) is 33.4 Å². The Morgan fingerprint density at radius 2 is 2.13 bits per heavy atom. The number of nitrogens with two attached hydrogens (primary N) is 1. The molecule has 86 valence electrons. The van der Waals surface area contributed by atoms with Crippen molar-refractivity contribution in [2.24, 2.45) is 11.1 Å². The van der Waals surface area contributed by atoms with E-state index in [0.717, 1.165) is 13.1 Å². The standard InChI is InChI=1S/C12H22N2S/c1-12(2,3)11(13)8-14(4)7-10-5-6-15-9-10/h5-6,9,11H,7-8,13H2,1-4H3. The van der Waals surface area contributed by atoms with Gasteiger partial charge < -0.3 is 10.6 Å². The first-order valence-corrected chi connectivity index (χ1v) is 6.29. The summed E-state index contributed by atoms with van der Waals surface area (Å²) >= 11 is 1.75. The highest BCUT2D eigenvalue weighted by atomic mass is 32.1. The summed E-state index contributed by atoms with van der Waals surface area (Å²) in [4.78, 5) is 2.29. The molecule has 1 unspecified atom stereocenters. The lowest BCUT2D eigenvalue weighted by molar-refractivity contribution is 0.222. The summed E-state index contributed by atoms with van der Waals surface area (Å²) in [5, 5.41) is 4.31. The van der Waals surface area contributed by atoms with Gasteiger partial charge >= 0.3 is 0 Å². The second-order valence-corrected chi connectivity index (χ2v) is 6.08. The van der Waals surface area contributed by atoms with E-state index in [1.165, 1.54) is 5.56 Å². The number of thiophene rings is 1. The minimum Gasteiger partial charge on any atom is -0.326 e. The Kier molecular flexibility index (Phi) is 4.32. The Bertz CT molecular complexity index is 274. The lowest BCUT2D eigenvalue weighted by atomic mass is 9.87. The summed E-state index contributed by atoms with van der Waals surface area (Å²) in [6.45, 7) is 8.51. The molecule has 0 aromatic carbocycles. The van der Waals surface area contributed by atoms with E-state index in [-0.39, 0.29) is 11.5 Å². The highest BCUT2D eigenvalue weighted by molar-refractivity contribution is 7.07.